The van der Waals surface area contributed by atoms with Crippen LogP contribution in [0.3, 0.4) is 0 Å². The predicted molar refractivity (Wildman–Crippen MR) is 70.2 cm³/mol. The van der Waals surface area contributed by atoms with Crippen LogP contribution in [-0.4, -0.2) is 26.8 Å². The summed E-state index contributed by atoms with van der Waals surface area (Å²) in [6, 6.07) is 0.125. The van der Waals surface area contributed by atoms with Gasteiger partial charge in [0.25, 0.3) is 0 Å². The van der Waals surface area contributed by atoms with Gasteiger partial charge in [0.2, 0.25) is 0 Å². The van der Waals surface area contributed by atoms with Crippen molar-refractivity contribution in [2.45, 2.75) is 32.9 Å². The van der Waals surface area contributed by atoms with Crippen molar-refractivity contribution in [1.82, 2.24) is 25.1 Å². The Hall–Kier alpha value is -1.75. The molecule has 0 saturated heterocycles. The zero-order valence-corrected chi connectivity index (χ0v) is 11.1. The summed E-state index contributed by atoms with van der Waals surface area (Å²) in [5.41, 5.74) is 2.27. The molecule has 0 amide bonds. The summed E-state index contributed by atoms with van der Waals surface area (Å²) in [5, 5.41) is 7.53. The number of nitrogens with zero attached hydrogens (tertiary/aromatic N) is 4. The van der Waals surface area contributed by atoms with Crippen molar-refractivity contribution in [2.75, 3.05) is 7.05 Å². The minimum absolute atomic E-state index is 0.125. The normalized spacial score (nSPS) is 12.6. The van der Waals surface area contributed by atoms with Crippen LogP contribution >= 0.6 is 0 Å². The monoisotopic (exact) mass is 245 g/mol. The molecule has 2 aromatic rings. The van der Waals surface area contributed by atoms with E-state index in [4.69, 9.17) is 0 Å². The van der Waals surface area contributed by atoms with Crippen molar-refractivity contribution in [2.24, 2.45) is 0 Å². The molecular weight excluding hydrogens is 226 g/mol. The molecule has 2 rings (SSSR count). The van der Waals surface area contributed by atoms with E-state index in [1.165, 1.54) is 5.56 Å². The molecule has 1 atom stereocenters. The third kappa shape index (κ3) is 2.92. The average molecular weight is 245 g/mol. The van der Waals surface area contributed by atoms with E-state index in [2.05, 4.69) is 33.5 Å². The Balaban J connectivity index is 2.11. The molecule has 1 N–H and O–H groups in total. The van der Waals surface area contributed by atoms with Crippen LogP contribution in [0, 0.1) is 6.92 Å². The van der Waals surface area contributed by atoms with Gasteiger partial charge in [-0.3, -0.25) is 4.68 Å². The Morgan fingerprint density at radius 1 is 1.28 bits per heavy atom. The van der Waals surface area contributed by atoms with Crippen LogP contribution in [0.4, 0.5) is 0 Å². The molecule has 0 aromatic carbocycles. The molecule has 0 aliphatic carbocycles. The number of hydrogen-bond acceptors (Lipinski definition) is 4. The molecule has 5 heteroatoms. The van der Waals surface area contributed by atoms with Gasteiger partial charge in [0.15, 0.2) is 0 Å². The van der Waals surface area contributed by atoms with Crippen LogP contribution in [0.5, 0.6) is 0 Å². The summed E-state index contributed by atoms with van der Waals surface area (Å²) < 4.78 is 1.93. The smallest absolute Gasteiger partial charge is 0.145 e. The maximum absolute atomic E-state index is 4.37. The first-order valence-electron chi connectivity index (χ1n) is 6.20. The van der Waals surface area contributed by atoms with E-state index in [-0.39, 0.29) is 6.04 Å². The second-order valence-electron chi connectivity index (χ2n) is 4.37. The van der Waals surface area contributed by atoms with Crippen LogP contribution in [-0.2, 0) is 13.0 Å². The van der Waals surface area contributed by atoms with Gasteiger partial charge in [0.1, 0.15) is 5.82 Å². The fourth-order valence-corrected chi connectivity index (χ4v) is 1.83. The Bertz CT molecular complexity index is 488. The molecular formula is C13H19N5. The molecule has 96 valence electrons. The number of aromatic nitrogens is 4. The topological polar surface area (TPSA) is 55.6 Å². The van der Waals surface area contributed by atoms with Crippen LogP contribution in [0.2, 0.25) is 0 Å². The summed E-state index contributed by atoms with van der Waals surface area (Å²) in [6.07, 6.45) is 8.52. The van der Waals surface area contributed by atoms with E-state index in [0.29, 0.717) is 0 Å². The van der Waals surface area contributed by atoms with E-state index in [9.17, 15) is 0 Å². The Labute approximate surface area is 107 Å². The van der Waals surface area contributed by atoms with E-state index < -0.39 is 0 Å². The molecule has 0 radical (unpaired) electrons. The van der Waals surface area contributed by atoms with Crippen molar-refractivity contribution in [1.29, 1.82) is 0 Å². The number of hydrogen-bond donors (Lipinski definition) is 1. The molecule has 2 aromatic heterocycles. The molecule has 0 spiro atoms. The van der Waals surface area contributed by atoms with Gasteiger partial charge < -0.3 is 5.32 Å². The summed E-state index contributed by atoms with van der Waals surface area (Å²) in [5.74, 6) is 0.826. The lowest BCUT2D eigenvalue weighted by atomic mass is 10.1. The predicted octanol–water partition coefficient (Wildman–Crippen LogP) is 1.50. The third-order valence-electron chi connectivity index (χ3n) is 2.91. The highest BCUT2D eigenvalue weighted by Crippen LogP contribution is 2.14. The first kappa shape index (κ1) is 12.7. The summed E-state index contributed by atoms with van der Waals surface area (Å²) in [6.45, 7) is 4.96. The van der Waals surface area contributed by atoms with Gasteiger partial charge >= 0.3 is 0 Å². The molecule has 0 fully saturated rings. The van der Waals surface area contributed by atoms with E-state index in [1.807, 2.05) is 37.2 Å². The molecule has 18 heavy (non-hydrogen) atoms. The number of aryl methyl sites for hydroxylation is 2. The Morgan fingerprint density at radius 3 is 2.56 bits per heavy atom. The quantitative estimate of drug-likeness (QED) is 0.867. The van der Waals surface area contributed by atoms with Gasteiger partial charge in [-0.2, -0.15) is 5.10 Å². The largest absolute Gasteiger partial charge is 0.310 e. The number of likely N-dealkylation sites (N-methyl/N-ethyl adjacent to an activating group) is 1. The zero-order chi connectivity index (χ0) is 13.0. The summed E-state index contributed by atoms with van der Waals surface area (Å²) >= 11 is 0. The van der Waals surface area contributed by atoms with Crippen molar-refractivity contribution in [3.63, 3.8) is 0 Å². The minimum atomic E-state index is 0.125. The number of rotatable bonds is 5. The molecule has 2 heterocycles. The first-order valence-corrected chi connectivity index (χ1v) is 6.20. The van der Waals surface area contributed by atoms with E-state index >= 15 is 0 Å². The average Bonchev–Trinajstić information content (AvgIpc) is 2.85. The highest BCUT2D eigenvalue weighted by atomic mass is 15.3. The SMILES string of the molecule is CCn1cc(CC(NC)c2ncc(C)cn2)cn1. The van der Waals surface area contributed by atoms with Gasteiger partial charge in [-0.25, -0.2) is 9.97 Å². The Morgan fingerprint density at radius 2 is 2.00 bits per heavy atom. The second-order valence-corrected chi connectivity index (χ2v) is 4.37. The van der Waals surface area contributed by atoms with Crippen LogP contribution in [0.25, 0.3) is 0 Å². The summed E-state index contributed by atoms with van der Waals surface area (Å²) in [7, 11) is 1.93. The number of nitrogens with one attached hydrogen (secondary N) is 1. The van der Waals surface area contributed by atoms with Gasteiger partial charge in [-0.05, 0) is 38.4 Å². The van der Waals surface area contributed by atoms with Crippen LogP contribution < -0.4 is 5.32 Å². The van der Waals surface area contributed by atoms with Crippen LogP contribution in [0.1, 0.15) is 29.9 Å². The lowest BCUT2D eigenvalue weighted by Gasteiger charge is -2.13. The van der Waals surface area contributed by atoms with Crippen molar-refractivity contribution in [3.05, 3.63) is 41.7 Å². The van der Waals surface area contributed by atoms with E-state index in [1.54, 1.807) is 0 Å². The van der Waals surface area contributed by atoms with Crippen LogP contribution in [0.15, 0.2) is 24.8 Å². The van der Waals surface area contributed by atoms with Gasteiger partial charge in [-0.15, -0.1) is 0 Å². The molecule has 0 saturated carbocycles. The molecule has 1 unspecified atom stereocenters. The second kappa shape index (κ2) is 5.73. The van der Waals surface area contributed by atoms with Gasteiger partial charge in [0.05, 0.1) is 12.2 Å². The zero-order valence-electron chi connectivity index (χ0n) is 11.1. The third-order valence-corrected chi connectivity index (χ3v) is 2.91. The maximum Gasteiger partial charge on any atom is 0.145 e. The molecule has 0 bridgehead atoms. The first-order chi connectivity index (χ1) is 8.72. The Kier molecular flexibility index (Phi) is 4.04. The molecule has 5 nitrogen and oxygen atoms in total. The maximum atomic E-state index is 4.37. The van der Waals surface area contributed by atoms with E-state index in [0.717, 1.165) is 24.4 Å². The van der Waals surface area contributed by atoms with Gasteiger partial charge in [0, 0.05) is 25.1 Å². The highest BCUT2D eigenvalue weighted by Gasteiger charge is 2.13. The minimum Gasteiger partial charge on any atom is -0.310 e. The lowest BCUT2D eigenvalue weighted by molar-refractivity contribution is 0.556. The van der Waals surface area contributed by atoms with Gasteiger partial charge in [-0.1, -0.05) is 0 Å². The van der Waals surface area contributed by atoms with Crippen molar-refractivity contribution in [3.8, 4) is 0 Å². The van der Waals surface area contributed by atoms with Crippen molar-refractivity contribution < 1.29 is 0 Å². The highest BCUT2D eigenvalue weighted by molar-refractivity contribution is 5.11. The fraction of sp³-hybridized carbons (Fsp3) is 0.462. The van der Waals surface area contributed by atoms with Crippen molar-refractivity contribution >= 4 is 0 Å². The molecule has 0 aliphatic rings. The summed E-state index contributed by atoms with van der Waals surface area (Å²) in [4.78, 5) is 8.74. The fourth-order valence-electron chi connectivity index (χ4n) is 1.83. The molecule has 0 aliphatic heterocycles. The lowest BCUT2D eigenvalue weighted by Crippen LogP contribution is -2.21. The standard InChI is InChI=1S/C13H19N5/c1-4-18-9-11(8-17-18)5-12(14-3)13-15-6-10(2)7-16-13/h6-9,12,14H,4-5H2,1-3H3.